The normalized spacial score (nSPS) is 11.4. The number of aromatic hydroxyl groups is 1. The van der Waals surface area contributed by atoms with Gasteiger partial charge < -0.3 is 14.7 Å². The number of anilines is 1. The van der Waals surface area contributed by atoms with E-state index in [9.17, 15) is 5.11 Å². The lowest BCUT2D eigenvalue weighted by molar-refractivity contribution is 0.123. The van der Waals surface area contributed by atoms with Crippen LogP contribution in [0.5, 0.6) is 11.8 Å². The summed E-state index contributed by atoms with van der Waals surface area (Å²) in [4.78, 5) is 10.2. The summed E-state index contributed by atoms with van der Waals surface area (Å²) in [5.41, 5.74) is -0.346. The molecule has 0 atom stereocenters. The summed E-state index contributed by atoms with van der Waals surface area (Å²) >= 11 is 0. The van der Waals surface area contributed by atoms with Gasteiger partial charge in [0.15, 0.2) is 0 Å². The smallest absolute Gasteiger partial charge is 0.231 e. The summed E-state index contributed by atoms with van der Waals surface area (Å²) in [5, 5.41) is 9.57. The van der Waals surface area contributed by atoms with E-state index >= 15 is 0 Å². The van der Waals surface area contributed by atoms with Crippen molar-refractivity contribution in [3.8, 4) is 11.8 Å². The van der Waals surface area contributed by atoms with E-state index in [0.29, 0.717) is 11.8 Å². The third-order valence-corrected chi connectivity index (χ3v) is 2.13. The number of aromatic nitrogens is 2. The first-order valence-corrected chi connectivity index (χ1v) is 5.87. The molecule has 96 valence electrons. The lowest BCUT2D eigenvalue weighted by Crippen LogP contribution is -2.26. The van der Waals surface area contributed by atoms with Gasteiger partial charge in [0.2, 0.25) is 17.7 Å². The molecular weight excluding hydrogens is 218 g/mol. The zero-order valence-electron chi connectivity index (χ0n) is 11.2. The molecule has 17 heavy (non-hydrogen) atoms. The Kier molecular flexibility index (Phi) is 4.15. The van der Waals surface area contributed by atoms with Gasteiger partial charge in [-0.25, -0.2) is 0 Å². The van der Waals surface area contributed by atoms with Crippen LogP contribution in [-0.2, 0) is 0 Å². The molecule has 5 nitrogen and oxygen atoms in total. The summed E-state index contributed by atoms with van der Waals surface area (Å²) < 4.78 is 5.62. The maximum absolute atomic E-state index is 9.57. The van der Waals surface area contributed by atoms with Crippen molar-refractivity contribution >= 4 is 5.95 Å². The quantitative estimate of drug-likeness (QED) is 0.873. The molecular formula is C12H21N3O2. The van der Waals surface area contributed by atoms with Crippen molar-refractivity contribution in [2.45, 2.75) is 40.2 Å². The Hall–Kier alpha value is -1.52. The molecule has 0 spiro atoms. The summed E-state index contributed by atoms with van der Waals surface area (Å²) in [6.07, 6.45) is 0. The SMILES string of the molecule is CCN(CC)c1nc(O)cc(OC(C)(C)C)n1. The van der Waals surface area contributed by atoms with E-state index in [0.717, 1.165) is 13.1 Å². The molecule has 0 saturated heterocycles. The topological polar surface area (TPSA) is 58.5 Å². The fourth-order valence-corrected chi connectivity index (χ4v) is 1.41. The van der Waals surface area contributed by atoms with Crippen molar-refractivity contribution in [2.24, 2.45) is 0 Å². The number of nitrogens with zero attached hydrogens (tertiary/aromatic N) is 3. The predicted octanol–water partition coefficient (Wildman–Crippen LogP) is 2.21. The number of hydrogen-bond donors (Lipinski definition) is 1. The van der Waals surface area contributed by atoms with Crippen LogP contribution in [0.4, 0.5) is 5.95 Å². The van der Waals surface area contributed by atoms with Crippen LogP contribution in [0.25, 0.3) is 0 Å². The summed E-state index contributed by atoms with van der Waals surface area (Å²) in [5.74, 6) is 0.822. The zero-order valence-corrected chi connectivity index (χ0v) is 11.2. The van der Waals surface area contributed by atoms with Crippen LogP contribution in [0.2, 0.25) is 0 Å². The molecule has 0 aromatic carbocycles. The van der Waals surface area contributed by atoms with Crippen molar-refractivity contribution in [3.05, 3.63) is 6.07 Å². The first-order chi connectivity index (χ1) is 7.85. The van der Waals surface area contributed by atoms with Gasteiger partial charge in [-0.3, -0.25) is 0 Å². The zero-order chi connectivity index (χ0) is 13.1. The molecule has 1 heterocycles. The van der Waals surface area contributed by atoms with E-state index in [2.05, 4.69) is 9.97 Å². The molecule has 1 aromatic heterocycles. The standard InChI is InChI=1S/C12H21N3O2/c1-6-15(7-2)11-13-9(16)8-10(14-11)17-12(3,4)5/h8H,6-7H2,1-5H3,(H,13,14,16). The van der Waals surface area contributed by atoms with Crippen LogP contribution < -0.4 is 9.64 Å². The van der Waals surface area contributed by atoms with Crippen molar-refractivity contribution < 1.29 is 9.84 Å². The Morgan fingerprint density at radius 3 is 2.29 bits per heavy atom. The molecule has 5 heteroatoms. The largest absolute Gasteiger partial charge is 0.493 e. The van der Waals surface area contributed by atoms with Gasteiger partial charge in [0, 0.05) is 13.1 Å². The van der Waals surface area contributed by atoms with Crippen molar-refractivity contribution in [2.75, 3.05) is 18.0 Å². The monoisotopic (exact) mass is 239 g/mol. The van der Waals surface area contributed by atoms with E-state index in [4.69, 9.17) is 4.74 Å². The third kappa shape index (κ3) is 4.09. The molecule has 0 aliphatic heterocycles. The van der Waals surface area contributed by atoms with Gasteiger partial charge in [0.1, 0.15) is 5.60 Å². The van der Waals surface area contributed by atoms with Gasteiger partial charge in [-0.1, -0.05) is 0 Å². The van der Waals surface area contributed by atoms with Gasteiger partial charge in [0.25, 0.3) is 0 Å². The van der Waals surface area contributed by atoms with Gasteiger partial charge in [-0.05, 0) is 34.6 Å². The second-order valence-corrected chi connectivity index (χ2v) is 4.75. The van der Waals surface area contributed by atoms with Crippen LogP contribution in [0.1, 0.15) is 34.6 Å². The number of hydrogen-bond acceptors (Lipinski definition) is 5. The lowest BCUT2D eigenvalue weighted by atomic mass is 10.2. The van der Waals surface area contributed by atoms with Crippen LogP contribution >= 0.6 is 0 Å². The van der Waals surface area contributed by atoms with E-state index in [-0.39, 0.29) is 11.5 Å². The molecule has 0 aliphatic rings. The fourth-order valence-electron chi connectivity index (χ4n) is 1.41. The molecule has 1 aromatic rings. The summed E-state index contributed by atoms with van der Waals surface area (Å²) in [6.45, 7) is 11.4. The highest BCUT2D eigenvalue weighted by Crippen LogP contribution is 2.22. The molecule has 1 rings (SSSR count). The van der Waals surface area contributed by atoms with E-state index in [1.165, 1.54) is 6.07 Å². The predicted molar refractivity (Wildman–Crippen MR) is 67.6 cm³/mol. The van der Waals surface area contributed by atoms with Gasteiger partial charge >= 0.3 is 0 Å². The molecule has 0 radical (unpaired) electrons. The Balaban J connectivity index is 3.01. The van der Waals surface area contributed by atoms with E-state index in [1.807, 2.05) is 39.5 Å². The highest BCUT2D eigenvalue weighted by molar-refractivity contribution is 5.36. The van der Waals surface area contributed by atoms with E-state index < -0.39 is 0 Å². The van der Waals surface area contributed by atoms with Gasteiger partial charge in [0.05, 0.1) is 6.07 Å². The Labute approximate surface area is 102 Å². The maximum Gasteiger partial charge on any atom is 0.231 e. The molecule has 0 aliphatic carbocycles. The highest BCUT2D eigenvalue weighted by atomic mass is 16.5. The first-order valence-electron chi connectivity index (χ1n) is 5.87. The van der Waals surface area contributed by atoms with Crippen molar-refractivity contribution in [1.82, 2.24) is 9.97 Å². The minimum atomic E-state index is -0.346. The Morgan fingerprint density at radius 1 is 1.24 bits per heavy atom. The summed E-state index contributed by atoms with van der Waals surface area (Å²) in [7, 11) is 0. The van der Waals surface area contributed by atoms with Crippen LogP contribution in [0.15, 0.2) is 6.07 Å². The minimum Gasteiger partial charge on any atom is -0.493 e. The first kappa shape index (κ1) is 13.5. The minimum absolute atomic E-state index is 0.0684. The number of ether oxygens (including phenoxy) is 1. The number of rotatable bonds is 4. The molecule has 0 amide bonds. The second-order valence-electron chi connectivity index (χ2n) is 4.75. The van der Waals surface area contributed by atoms with Gasteiger partial charge in [-0.2, -0.15) is 9.97 Å². The lowest BCUT2D eigenvalue weighted by Gasteiger charge is -2.23. The van der Waals surface area contributed by atoms with Gasteiger partial charge in [-0.15, -0.1) is 0 Å². The third-order valence-electron chi connectivity index (χ3n) is 2.13. The Morgan fingerprint density at radius 2 is 1.82 bits per heavy atom. The second kappa shape index (κ2) is 5.21. The Bertz CT molecular complexity index is 371. The molecule has 0 unspecified atom stereocenters. The maximum atomic E-state index is 9.57. The molecule has 0 saturated carbocycles. The summed E-state index contributed by atoms with van der Waals surface area (Å²) in [6, 6.07) is 1.43. The average molecular weight is 239 g/mol. The van der Waals surface area contributed by atoms with Crippen LogP contribution in [0.3, 0.4) is 0 Å². The van der Waals surface area contributed by atoms with Crippen LogP contribution in [-0.4, -0.2) is 33.8 Å². The molecule has 0 fully saturated rings. The highest BCUT2D eigenvalue weighted by Gasteiger charge is 2.16. The van der Waals surface area contributed by atoms with Crippen molar-refractivity contribution in [3.63, 3.8) is 0 Å². The average Bonchev–Trinajstić information content (AvgIpc) is 2.15. The fraction of sp³-hybridized carbons (Fsp3) is 0.667. The van der Waals surface area contributed by atoms with Crippen molar-refractivity contribution in [1.29, 1.82) is 0 Å². The van der Waals surface area contributed by atoms with Crippen LogP contribution in [0, 0.1) is 0 Å². The molecule has 0 bridgehead atoms. The van der Waals surface area contributed by atoms with E-state index in [1.54, 1.807) is 0 Å². The molecule has 1 N–H and O–H groups in total.